The molecule has 1 saturated heterocycles. The third-order valence-electron chi connectivity index (χ3n) is 12.3. The maximum Gasteiger partial charge on any atom is 0.340 e. The van der Waals surface area contributed by atoms with Crippen molar-refractivity contribution in [2.24, 2.45) is 0 Å². The number of carboxylic acid groups (broad SMARTS) is 1. The number of aromatic carboxylic acids is 1. The molecule has 0 aliphatic carbocycles. The van der Waals surface area contributed by atoms with Crippen LogP contribution in [0.25, 0.3) is 22.3 Å². The van der Waals surface area contributed by atoms with Crippen molar-refractivity contribution in [3.05, 3.63) is 75.8 Å². The number of rotatable bonds is 5. The number of phenols is 17. The molecule has 0 radical (unpaired) electrons. The molecular weight excluding hydrogens is 1070 g/mol. The Bertz CT molecular complexity index is 3730. The Kier molecular flexibility index (Phi) is 12.4. The molecule has 18 N–H and O–H groups in total. The van der Waals surface area contributed by atoms with Crippen LogP contribution in [0.2, 0.25) is 0 Å². The molecule has 0 aromatic heterocycles. The van der Waals surface area contributed by atoms with E-state index in [0.717, 1.165) is 0 Å². The first kappa shape index (κ1) is 52.4. The highest BCUT2D eigenvalue weighted by atomic mass is 16.7. The number of phenolic OH excluding ortho intramolecular Hbond substituents is 17. The second kappa shape index (κ2) is 18.7. The summed E-state index contributed by atoms with van der Waals surface area (Å²) in [4.78, 5) is 84.2. The average Bonchev–Trinajstić information content (AvgIpc) is 3.50. The van der Waals surface area contributed by atoms with Crippen LogP contribution in [-0.2, 0) is 28.4 Å². The Hall–Kier alpha value is -11.5. The molecule has 6 aromatic rings. The first-order valence-corrected chi connectivity index (χ1v) is 21.7. The summed E-state index contributed by atoms with van der Waals surface area (Å²) in [6.45, 7) is -1.36. The summed E-state index contributed by atoms with van der Waals surface area (Å²) in [5.74, 6) is -36.9. The van der Waals surface area contributed by atoms with Crippen LogP contribution in [0.3, 0.4) is 0 Å². The quantitative estimate of drug-likeness (QED) is 0.0670. The summed E-state index contributed by atoms with van der Waals surface area (Å²) >= 11 is 0. The van der Waals surface area contributed by atoms with Gasteiger partial charge in [0.05, 0.1) is 27.8 Å². The molecule has 9 rings (SSSR count). The van der Waals surface area contributed by atoms with E-state index in [9.17, 15) is 121 Å². The number of carbonyl (C=O) groups is 6. The zero-order chi connectivity index (χ0) is 57.7. The van der Waals surface area contributed by atoms with Gasteiger partial charge in [-0.2, -0.15) is 0 Å². The van der Waals surface area contributed by atoms with Gasteiger partial charge < -0.3 is 125 Å². The Labute approximate surface area is 433 Å². The predicted octanol–water partition coefficient (Wildman–Crippen LogP) is 2.55. The largest absolute Gasteiger partial charge is 0.504 e. The summed E-state index contributed by atoms with van der Waals surface area (Å²) in [5, 5.41) is 191. The van der Waals surface area contributed by atoms with Crippen LogP contribution in [0.4, 0.5) is 0 Å². The second-order valence-corrected chi connectivity index (χ2v) is 16.9. The monoisotopic (exact) mass is 1100 g/mol. The number of aromatic hydroxyl groups is 17. The smallest absolute Gasteiger partial charge is 0.340 e. The molecule has 0 unspecified atom stereocenters. The first-order chi connectivity index (χ1) is 37.1. The molecule has 3 aliphatic rings. The highest BCUT2D eigenvalue weighted by molar-refractivity contribution is 6.10. The van der Waals surface area contributed by atoms with Gasteiger partial charge >= 0.3 is 35.8 Å². The van der Waals surface area contributed by atoms with Crippen molar-refractivity contribution in [2.45, 2.75) is 30.7 Å². The summed E-state index contributed by atoms with van der Waals surface area (Å²) in [6, 6.07) is 2.82. The molecule has 0 saturated carbocycles. The van der Waals surface area contributed by atoms with Gasteiger partial charge in [-0.1, -0.05) is 0 Å². The number of hydrogen-bond donors (Lipinski definition) is 18. The third-order valence-corrected chi connectivity index (χ3v) is 12.3. The van der Waals surface area contributed by atoms with Crippen molar-refractivity contribution in [3.8, 4) is 131 Å². The van der Waals surface area contributed by atoms with Gasteiger partial charge in [0.1, 0.15) is 18.3 Å². The molecule has 0 spiro atoms. The van der Waals surface area contributed by atoms with Crippen LogP contribution in [0.5, 0.6) is 109 Å². The fourth-order valence-corrected chi connectivity index (χ4v) is 8.50. The molecule has 0 amide bonds. The first-order valence-electron chi connectivity index (χ1n) is 21.7. The van der Waals surface area contributed by atoms with E-state index < -0.39 is 238 Å². The van der Waals surface area contributed by atoms with Crippen molar-refractivity contribution in [1.29, 1.82) is 0 Å². The third kappa shape index (κ3) is 8.40. The highest BCUT2D eigenvalue weighted by Crippen LogP contribution is 2.56. The lowest BCUT2D eigenvalue weighted by atomic mass is 9.91. The number of fused-ring (bicyclic) bond motifs is 9. The van der Waals surface area contributed by atoms with Crippen LogP contribution in [0, 0.1) is 0 Å². The number of carbonyl (C=O) groups excluding carboxylic acids is 5. The summed E-state index contributed by atoms with van der Waals surface area (Å²) in [7, 11) is 0. The maximum atomic E-state index is 14.6. The van der Waals surface area contributed by atoms with Crippen LogP contribution < -0.4 is 4.74 Å². The summed E-state index contributed by atoms with van der Waals surface area (Å²) < 4.78 is 39.2. The van der Waals surface area contributed by atoms with Gasteiger partial charge in [0.15, 0.2) is 81.2 Å². The minimum absolute atomic E-state index is 0.359. The predicted molar refractivity (Wildman–Crippen MR) is 244 cm³/mol. The van der Waals surface area contributed by atoms with Gasteiger partial charge in [0, 0.05) is 28.3 Å². The topological polar surface area (TPSA) is 531 Å². The molecular formula is C48H32O31. The van der Waals surface area contributed by atoms with Crippen molar-refractivity contribution in [2.75, 3.05) is 6.61 Å². The van der Waals surface area contributed by atoms with Crippen molar-refractivity contribution in [3.63, 3.8) is 0 Å². The second-order valence-electron chi connectivity index (χ2n) is 16.9. The van der Waals surface area contributed by atoms with Crippen LogP contribution in [-0.4, -0.2) is 165 Å². The fraction of sp³-hybridized carbons (Fsp3) is 0.125. The van der Waals surface area contributed by atoms with Crippen molar-refractivity contribution < 1.29 is 154 Å². The number of benzene rings is 6. The van der Waals surface area contributed by atoms with Gasteiger partial charge in [-0.05, 0) is 36.4 Å². The minimum atomic E-state index is -2.71. The number of carboxylic acids is 1. The van der Waals surface area contributed by atoms with E-state index in [0.29, 0.717) is 42.5 Å². The molecule has 31 heteroatoms. The number of ether oxygens (including phenoxy) is 7. The number of cyclic esters (lactones) is 1. The van der Waals surface area contributed by atoms with E-state index in [1.165, 1.54) is 0 Å². The molecule has 6 aromatic carbocycles. The van der Waals surface area contributed by atoms with Crippen molar-refractivity contribution in [1.82, 2.24) is 0 Å². The lowest BCUT2D eigenvalue weighted by Crippen LogP contribution is -2.63. The lowest BCUT2D eigenvalue weighted by molar-refractivity contribution is -0.282. The molecule has 3 aliphatic heterocycles. The van der Waals surface area contributed by atoms with Crippen LogP contribution in [0.15, 0.2) is 42.5 Å². The average molecular weight is 1100 g/mol. The van der Waals surface area contributed by atoms with E-state index in [1.54, 1.807) is 0 Å². The molecule has 31 nitrogen and oxygen atoms in total. The summed E-state index contributed by atoms with van der Waals surface area (Å²) in [6.07, 6.45) is -12.9. The van der Waals surface area contributed by atoms with Crippen molar-refractivity contribution >= 4 is 35.8 Å². The standard InChI is InChI=1S/C48H32O31/c49-15-1-9(2-21(27(15)55)74-38-14(42(66)67)7-20(54)32(60)37(38)65)43(68)79-48-41-40(77-46(71)12-5-18(52)30(58)35(63)25(12)26-13(47(72)78-41)6-19(53)31(59)36(26)64)39-22(75-48)8-73-44(69)10-3-16(50)28(56)33(61)23(10)24-11(45(70)76-39)4-17(51)29(57)34(24)62/h1-7,22,39-41,48-65H,8H2,(H,66,67)/t22-,39-,40-,41+,48-/m1/s1. The SMILES string of the molecule is O=C(O[C@H]1O[C@@H]2COC(=O)c3cc(O)c(O)c(O)c3-c3c(cc(O)c(O)c3O)C(=O)O[C@H]2[C@H]2OC(=O)c3cc(O)c(O)c(O)c3-c3c(cc(O)c(O)c3O)C(=O)O[C@H]12)c1cc(O)c(O)c(Oc2c(C(=O)O)cc(O)c(O)c2O)c1. The van der Waals surface area contributed by atoms with E-state index in [1.807, 2.05) is 0 Å². The zero-order valence-electron chi connectivity index (χ0n) is 38.5. The van der Waals surface area contributed by atoms with Gasteiger partial charge in [-0.15, -0.1) is 0 Å². The molecule has 3 heterocycles. The van der Waals surface area contributed by atoms with Gasteiger partial charge in [0.2, 0.25) is 52.6 Å². The fourth-order valence-electron chi connectivity index (χ4n) is 8.50. The molecule has 1 fully saturated rings. The minimum Gasteiger partial charge on any atom is -0.504 e. The Morgan fingerprint density at radius 1 is 0.430 bits per heavy atom. The van der Waals surface area contributed by atoms with Gasteiger partial charge in [0.25, 0.3) is 0 Å². The maximum absolute atomic E-state index is 14.6. The van der Waals surface area contributed by atoms with Gasteiger partial charge in [-0.3, -0.25) is 0 Å². The van der Waals surface area contributed by atoms with Crippen LogP contribution in [0.1, 0.15) is 62.1 Å². The normalized spacial score (nSPS) is 18.7. The van der Waals surface area contributed by atoms with E-state index in [2.05, 4.69) is 0 Å². The van der Waals surface area contributed by atoms with Gasteiger partial charge in [-0.25, -0.2) is 28.8 Å². The highest BCUT2D eigenvalue weighted by Gasteiger charge is 2.56. The Morgan fingerprint density at radius 3 is 1.25 bits per heavy atom. The molecule has 410 valence electrons. The molecule has 5 atom stereocenters. The Balaban J connectivity index is 1.24. The van der Waals surface area contributed by atoms with E-state index >= 15 is 0 Å². The van der Waals surface area contributed by atoms with Crippen LogP contribution >= 0.6 is 0 Å². The number of hydrogen-bond acceptors (Lipinski definition) is 30. The number of esters is 5. The lowest BCUT2D eigenvalue weighted by Gasteiger charge is -2.44. The zero-order valence-corrected chi connectivity index (χ0v) is 38.5. The summed E-state index contributed by atoms with van der Waals surface area (Å²) in [5.41, 5.74) is -11.1. The van der Waals surface area contributed by atoms with E-state index in [4.69, 9.17) is 33.2 Å². The van der Waals surface area contributed by atoms with E-state index in [-0.39, 0.29) is 0 Å². The Morgan fingerprint density at radius 2 is 0.810 bits per heavy atom. The molecule has 79 heavy (non-hydrogen) atoms. The molecule has 0 bridgehead atoms.